The Morgan fingerprint density at radius 3 is 1.14 bits per heavy atom. The smallest absolute Gasteiger partial charge is 0.394 e. The summed E-state index contributed by atoms with van der Waals surface area (Å²) in [6.45, 7) is 37.5. The highest BCUT2D eigenvalue weighted by atomic mass is 32.3. The predicted molar refractivity (Wildman–Crippen MR) is 130 cm³/mol. The summed E-state index contributed by atoms with van der Waals surface area (Å²) >= 11 is 0. The summed E-state index contributed by atoms with van der Waals surface area (Å²) in [7, 11) is -4.20. The largest absolute Gasteiger partial charge is 0.397 e. The van der Waals surface area contributed by atoms with Crippen LogP contribution in [0, 0.1) is 0 Å². The van der Waals surface area contributed by atoms with Crippen molar-refractivity contribution >= 4 is 10.4 Å². The summed E-state index contributed by atoms with van der Waals surface area (Å²) in [5.41, 5.74) is 0. The van der Waals surface area contributed by atoms with Crippen molar-refractivity contribution in [1.82, 2.24) is 0 Å². The van der Waals surface area contributed by atoms with E-state index in [-0.39, 0.29) is 19.8 Å². The van der Waals surface area contributed by atoms with E-state index < -0.39 is 10.4 Å². The monoisotopic (exact) mass is 444 g/mol. The summed E-state index contributed by atoms with van der Waals surface area (Å²) in [5, 5.41) is 15.2. The van der Waals surface area contributed by atoms with Gasteiger partial charge in [0.2, 0.25) is 0 Å². The van der Waals surface area contributed by atoms with Crippen LogP contribution in [-0.4, -0.2) is 56.2 Å². The topological polar surface area (TPSA) is 113 Å². The van der Waals surface area contributed by atoms with E-state index in [1.54, 1.807) is 0 Å². The average molecular weight is 445 g/mol. The molecule has 0 aromatic rings. The van der Waals surface area contributed by atoms with E-state index in [0.717, 1.165) is 26.1 Å². The fourth-order valence-corrected chi connectivity index (χ4v) is 1.05. The molecule has 7 nitrogen and oxygen atoms in total. The molecule has 0 aromatic heterocycles. The van der Waals surface area contributed by atoms with E-state index in [9.17, 15) is 8.42 Å². The summed E-state index contributed by atoms with van der Waals surface area (Å²) < 4.78 is 36.8. The molecule has 29 heavy (non-hydrogen) atoms. The van der Waals surface area contributed by atoms with Crippen LogP contribution in [-0.2, 0) is 19.3 Å². The third kappa shape index (κ3) is 221. The molecule has 0 amide bonds. The highest BCUT2D eigenvalue weighted by molar-refractivity contribution is 7.80. The van der Waals surface area contributed by atoms with Crippen molar-refractivity contribution in [3.63, 3.8) is 0 Å². The molecule has 0 aromatic carbocycles. The zero-order valence-electron chi connectivity index (χ0n) is 19.1. The van der Waals surface area contributed by atoms with Gasteiger partial charge in [-0.15, -0.1) is 65.8 Å². The van der Waals surface area contributed by atoms with Gasteiger partial charge >= 0.3 is 10.4 Å². The molecule has 3 N–H and O–H groups in total. The molecule has 0 rings (SSSR count). The Morgan fingerprint density at radius 1 is 0.690 bits per heavy atom. The number of aliphatic hydroxyl groups excluding tert-OH is 2. The van der Waals surface area contributed by atoms with Crippen molar-refractivity contribution in [3.05, 3.63) is 65.8 Å². The van der Waals surface area contributed by atoms with Crippen LogP contribution in [0.5, 0.6) is 0 Å². The van der Waals surface area contributed by atoms with Crippen molar-refractivity contribution in [3.8, 4) is 0 Å². The third-order valence-corrected chi connectivity index (χ3v) is 1.95. The van der Waals surface area contributed by atoms with Crippen LogP contribution in [0.1, 0.15) is 40.0 Å². The first-order valence-corrected chi connectivity index (χ1v) is 10.2. The van der Waals surface area contributed by atoms with Gasteiger partial charge in [-0.2, -0.15) is 8.42 Å². The summed E-state index contributed by atoms with van der Waals surface area (Å²) in [5.74, 6) is 0. The first-order valence-electron chi connectivity index (χ1n) is 8.80. The maximum atomic E-state index is 9.93. The summed E-state index contributed by atoms with van der Waals surface area (Å²) in [6, 6.07) is 0. The van der Waals surface area contributed by atoms with E-state index in [1.807, 2.05) is 20.8 Å². The molecular weight excluding hydrogens is 396 g/mol. The molecule has 0 unspecified atom stereocenters. The van der Waals surface area contributed by atoms with Crippen LogP contribution in [0.15, 0.2) is 65.8 Å². The zero-order valence-corrected chi connectivity index (χ0v) is 19.9. The van der Waals surface area contributed by atoms with Crippen LogP contribution < -0.4 is 0 Å². The maximum Gasteiger partial charge on any atom is 0.397 e. The fraction of sp³-hybridized carbons (Fsp3) is 0.524. The molecule has 0 spiro atoms. The molecule has 0 aliphatic carbocycles. The standard InChI is InChI=1S/C5H12O4S.C4H10O.C2H6O2.5C2H4/c1-2-3-4-5-9-10(6,7)8;1-3-5-4-2;3-1-2-4;5*1-2/h2-5H2,1H3,(H,6,7,8);3-4H2,1-2H3;3-4H,1-2H2;5*1-2H2. The summed E-state index contributed by atoms with van der Waals surface area (Å²) in [6.07, 6.45) is 2.57. The minimum absolute atomic E-state index is 0.0761. The molecular formula is C21H48O7S. The second-order valence-electron chi connectivity index (χ2n) is 3.19. The minimum Gasteiger partial charge on any atom is -0.394 e. The van der Waals surface area contributed by atoms with Crippen LogP contribution in [0.3, 0.4) is 0 Å². The zero-order chi connectivity index (χ0) is 25.6. The van der Waals surface area contributed by atoms with Gasteiger partial charge in [0, 0.05) is 13.2 Å². The Bertz CT molecular complexity index is 282. The number of ether oxygens (including phenoxy) is 1. The molecule has 0 heterocycles. The molecule has 8 heteroatoms. The molecule has 0 aliphatic heterocycles. The van der Waals surface area contributed by atoms with Crippen molar-refractivity contribution < 1.29 is 32.1 Å². The van der Waals surface area contributed by atoms with Crippen LogP contribution in [0.2, 0.25) is 0 Å². The highest BCUT2D eigenvalue weighted by Crippen LogP contribution is 1.96. The molecule has 0 radical (unpaired) electrons. The first kappa shape index (κ1) is 50.8. The quantitative estimate of drug-likeness (QED) is 0.273. The van der Waals surface area contributed by atoms with Crippen LogP contribution in [0.4, 0.5) is 0 Å². The highest BCUT2D eigenvalue weighted by Gasteiger charge is 2.01. The lowest BCUT2D eigenvalue weighted by molar-refractivity contribution is 0.162. The molecule has 0 saturated carbocycles. The lowest BCUT2D eigenvalue weighted by Gasteiger charge is -1.96. The lowest BCUT2D eigenvalue weighted by Crippen LogP contribution is -2.04. The van der Waals surface area contributed by atoms with Crippen LogP contribution >= 0.6 is 0 Å². The van der Waals surface area contributed by atoms with Crippen molar-refractivity contribution in [2.45, 2.75) is 40.0 Å². The van der Waals surface area contributed by atoms with Gasteiger partial charge in [0.15, 0.2) is 0 Å². The van der Waals surface area contributed by atoms with Gasteiger partial charge in [0.25, 0.3) is 0 Å². The van der Waals surface area contributed by atoms with E-state index in [1.165, 1.54) is 0 Å². The van der Waals surface area contributed by atoms with Crippen molar-refractivity contribution in [2.24, 2.45) is 0 Å². The number of hydrogen-bond donors (Lipinski definition) is 3. The molecule has 0 saturated heterocycles. The number of hydrogen-bond acceptors (Lipinski definition) is 6. The molecule has 0 fully saturated rings. The fourth-order valence-electron chi connectivity index (χ4n) is 0.720. The van der Waals surface area contributed by atoms with Gasteiger partial charge in [-0.25, -0.2) is 4.18 Å². The predicted octanol–water partition coefficient (Wildman–Crippen LogP) is 5.02. The molecule has 0 bridgehead atoms. The SMILES string of the molecule is C=C.C=C.C=C.C=C.C=C.CCCCCOS(=O)(=O)O.CCOCC.OCCO. The average Bonchev–Trinajstić information content (AvgIpc) is 2.79. The van der Waals surface area contributed by atoms with Gasteiger partial charge in [-0.05, 0) is 20.3 Å². The van der Waals surface area contributed by atoms with E-state index in [2.05, 4.69) is 70.0 Å². The first-order chi connectivity index (χ1) is 13.9. The molecule has 0 atom stereocenters. The number of unbranched alkanes of at least 4 members (excludes halogenated alkanes) is 2. The van der Waals surface area contributed by atoms with Gasteiger partial charge in [0.05, 0.1) is 19.8 Å². The van der Waals surface area contributed by atoms with Gasteiger partial charge in [-0.3, -0.25) is 4.55 Å². The Labute approximate surface area is 181 Å². The Hall–Kier alpha value is -1.55. The third-order valence-electron chi connectivity index (χ3n) is 1.49. The number of aliphatic hydroxyl groups is 2. The molecule has 0 aliphatic rings. The van der Waals surface area contributed by atoms with Gasteiger partial charge in [0.1, 0.15) is 0 Å². The van der Waals surface area contributed by atoms with E-state index in [0.29, 0.717) is 6.42 Å². The van der Waals surface area contributed by atoms with Crippen LogP contribution in [0.25, 0.3) is 0 Å². The second-order valence-corrected chi connectivity index (χ2v) is 4.28. The lowest BCUT2D eigenvalue weighted by atomic mass is 10.3. The number of rotatable bonds is 8. The van der Waals surface area contributed by atoms with E-state index >= 15 is 0 Å². The van der Waals surface area contributed by atoms with Gasteiger partial charge in [-0.1, -0.05) is 19.8 Å². The van der Waals surface area contributed by atoms with E-state index in [4.69, 9.17) is 19.5 Å². The van der Waals surface area contributed by atoms with Gasteiger partial charge < -0.3 is 14.9 Å². The Balaban J connectivity index is -0.0000000331. The minimum atomic E-state index is -4.20. The Kier molecular flexibility index (Phi) is 144. The molecule has 180 valence electrons. The normalized spacial score (nSPS) is 7.24. The second kappa shape index (κ2) is 82.0. The van der Waals surface area contributed by atoms with Crippen molar-refractivity contribution in [2.75, 3.05) is 33.0 Å². The summed E-state index contributed by atoms with van der Waals surface area (Å²) in [4.78, 5) is 0. The maximum absolute atomic E-state index is 9.93. The van der Waals surface area contributed by atoms with Crippen molar-refractivity contribution in [1.29, 1.82) is 0 Å². The Morgan fingerprint density at radius 2 is 1.00 bits per heavy atom.